The molecule has 0 bridgehead atoms. The number of urea groups is 1. The molecule has 0 heterocycles. The summed E-state index contributed by atoms with van der Waals surface area (Å²) in [6.07, 6.45) is 0. The summed E-state index contributed by atoms with van der Waals surface area (Å²) in [5.41, 5.74) is 0.390. The fraction of sp³-hybridized carbons (Fsp3) is 0.167. The van der Waals surface area contributed by atoms with E-state index in [0.29, 0.717) is 10.2 Å². The van der Waals surface area contributed by atoms with Gasteiger partial charge in [0.25, 0.3) is 0 Å². The number of benzene rings is 1. The van der Waals surface area contributed by atoms with Gasteiger partial charge in [-0.05, 0) is 12.1 Å². The van der Waals surface area contributed by atoms with Crippen LogP contribution in [0.2, 0.25) is 0 Å². The van der Waals surface area contributed by atoms with Crippen molar-refractivity contribution in [2.75, 3.05) is 18.5 Å². The number of halogens is 1. The smallest absolute Gasteiger partial charge is 0.341 e. The van der Waals surface area contributed by atoms with Crippen molar-refractivity contribution in [3.8, 4) is 5.75 Å². The van der Waals surface area contributed by atoms with E-state index in [2.05, 4.69) is 33.1 Å². The molecular formula is C12H13BrN2O4. The maximum atomic E-state index is 11.6. The molecule has 0 radical (unpaired) electrons. The van der Waals surface area contributed by atoms with Gasteiger partial charge >= 0.3 is 12.0 Å². The van der Waals surface area contributed by atoms with Crippen LogP contribution >= 0.6 is 15.9 Å². The Hall–Kier alpha value is -2.02. The topological polar surface area (TPSA) is 87.7 Å². The van der Waals surface area contributed by atoms with E-state index in [4.69, 9.17) is 9.84 Å². The van der Waals surface area contributed by atoms with Gasteiger partial charge in [-0.15, -0.1) is 0 Å². The largest absolute Gasteiger partial charge is 0.480 e. The summed E-state index contributed by atoms with van der Waals surface area (Å²) in [5.74, 6) is -0.799. The zero-order valence-corrected chi connectivity index (χ0v) is 11.6. The maximum Gasteiger partial charge on any atom is 0.341 e. The summed E-state index contributed by atoms with van der Waals surface area (Å²) in [4.78, 5) is 22.0. The van der Waals surface area contributed by atoms with Crippen molar-refractivity contribution in [3.63, 3.8) is 0 Å². The summed E-state index contributed by atoms with van der Waals surface area (Å²) < 4.78 is 5.69. The zero-order chi connectivity index (χ0) is 14.3. The third kappa shape index (κ3) is 5.91. The first-order valence-electron chi connectivity index (χ1n) is 5.31. The molecule has 0 spiro atoms. The normalized spacial score (nSPS) is 9.53. The van der Waals surface area contributed by atoms with Crippen molar-refractivity contribution in [2.45, 2.75) is 0 Å². The monoisotopic (exact) mass is 328 g/mol. The molecule has 0 unspecified atom stereocenters. The molecule has 0 saturated carbocycles. The number of hydrogen-bond acceptors (Lipinski definition) is 3. The highest BCUT2D eigenvalue weighted by Gasteiger charge is 2.08. The van der Waals surface area contributed by atoms with Crippen LogP contribution in [-0.4, -0.2) is 30.3 Å². The van der Waals surface area contributed by atoms with Crippen LogP contribution in [0.1, 0.15) is 0 Å². The Morgan fingerprint density at radius 1 is 1.37 bits per heavy atom. The molecule has 0 fully saturated rings. The van der Waals surface area contributed by atoms with E-state index in [1.54, 1.807) is 24.3 Å². The number of anilines is 1. The number of amides is 2. The van der Waals surface area contributed by atoms with Crippen LogP contribution in [0.5, 0.6) is 5.75 Å². The van der Waals surface area contributed by atoms with E-state index in [0.717, 1.165) is 0 Å². The number of carboxylic acids is 1. The summed E-state index contributed by atoms with van der Waals surface area (Å²) in [6, 6.07) is 6.13. The molecule has 0 aromatic heterocycles. The van der Waals surface area contributed by atoms with Crippen molar-refractivity contribution in [1.29, 1.82) is 0 Å². The van der Waals surface area contributed by atoms with Crippen molar-refractivity contribution < 1.29 is 19.4 Å². The number of carbonyl (C=O) groups excluding carboxylic acids is 1. The van der Waals surface area contributed by atoms with Gasteiger partial charge in [-0.1, -0.05) is 34.6 Å². The Morgan fingerprint density at radius 2 is 2.05 bits per heavy atom. The quantitative estimate of drug-likeness (QED) is 0.746. The van der Waals surface area contributed by atoms with Gasteiger partial charge in [0.2, 0.25) is 0 Å². The molecule has 0 aliphatic carbocycles. The van der Waals surface area contributed by atoms with Crippen LogP contribution in [0.25, 0.3) is 0 Å². The molecule has 19 heavy (non-hydrogen) atoms. The highest BCUT2D eigenvalue weighted by atomic mass is 79.9. The fourth-order valence-corrected chi connectivity index (χ4v) is 1.32. The zero-order valence-electron chi connectivity index (χ0n) is 9.98. The molecule has 3 N–H and O–H groups in total. The van der Waals surface area contributed by atoms with Crippen LogP contribution in [0.15, 0.2) is 35.3 Å². The standard InChI is InChI=1S/C12H13BrN2O4/c1-8(13)6-14-12(18)15-9-4-2-3-5-10(9)19-7-11(16)17/h2-5H,1,6-7H2,(H,16,17)(H2,14,15,18). The first-order chi connectivity index (χ1) is 8.99. The van der Waals surface area contributed by atoms with E-state index >= 15 is 0 Å². The SMILES string of the molecule is C=C(Br)CNC(=O)Nc1ccccc1OCC(=O)O. The van der Waals surface area contributed by atoms with Gasteiger partial charge in [0.15, 0.2) is 6.61 Å². The highest BCUT2D eigenvalue weighted by Crippen LogP contribution is 2.23. The van der Waals surface area contributed by atoms with Crippen LogP contribution in [-0.2, 0) is 4.79 Å². The van der Waals surface area contributed by atoms with Crippen LogP contribution < -0.4 is 15.4 Å². The van der Waals surface area contributed by atoms with Crippen LogP contribution in [0, 0.1) is 0 Å². The molecule has 1 rings (SSSR count). The molecule has 1 aromatic rings. The summed E-state index contributed by atoms with van der Waals surface area (Å²) in [6.45, 7) is 3.39. The second-order valence-electron chi connectivity index (χ2n) is 3.50. The van der Waals surface area contributed by atoms with Gasteiger partial charge in [0.1, 0.15) is 5.75 Å². The minimum atomic E-state index is -1.09. The van der Waals surface area contributed by atoms with Gasteiger partial charge in [-0.2, -0.15) is 0 Å². The van der Waals surface area contributed by atoms with Crippen LogP contribution in [0.3, 0.4) is 0 Å². The maximum absolute atomic E-state index is 11.6. The third-order valence-electron chi connectivity index (χ3n) is 1.93. The first kappa shape index (κ1) is 15.0. The molecular weight excluding hydrogens is 316 g/mol. The average molecular weight is 329 g/mol. The fourth-order valence-electron chi connectivity index (χ4n) is 1.18. The van der Waals surface area contributed by atoms with Crippen molar-refractivity contribution in [1.82, 2.24) is 5.32 Å². The Labute approximate surface area is 118 Å². The van der Waals surface area contributed by atoms with E-state index < -0.39 is 18.6 Å². The number of rotatable bonds is 6. The Bertz CT molecular complexity index is 490. The number of hydrogen-bond donors (Lipinski definition) is 3. The minimum Gasteiger partial charge on any atom is -0.480 e. The van der Waals surface area contributed by atoms with E-state index in [9.17, 15) is 9.59 Å². The Morgan fingerprint density at radius 3 is 2.68 bits per heavy atom. The lowest BCUT2D eigenvalue weighted by Crippen LogP contribution is -2.29. The lowest BCUT2D eigenvalue weighted by molar-refractivity contribution is -0.139. The first-order valence-corrected chi connectivity index (χ1v) is 6.10. The lowest BCUT2D eigenvalue weighted by Gasteiger charge is -2.11. The van der Waals surface area contributed by atoms with Crippen molar-refractivity contribution in [2.24, 2.45) is 0 Å². The van der Waals surface area contributed by atoms with Gasteiger partial charge in [0.05, 0.1) is 12.2 Å². The highest BCUT2D eigenvalue weighted by molar-refractivity contribution is 9.11. The Balaban J connectivity index is 2.64. The van der Waals surface area contributed by atoms with Gasteiger partial charge in [0, 0.05) is 4.48 Å². The Kier molecular flexibility index (Phi) is 5.87. The third-order valence-corrected chi connectivity index (χ3v) is 2.21. The molecule has 6 nitrogen and oxygen atoms in total. The molecule has 102 valence electrons. The van der Waals surface area contributed by atoms with E-state index in [-0.39, 0.29) is 12.3 Å². The predicted molar refractivity (Wildman–Crippen MR) is 74.7 cm³/mol. The molecule has 0 saturated heterocycles. The van der Waals surface area contributed by atoms with Gasteiger partial charge in [-0.25, -0.2) is 9.59 Å². The summed E-state index contributed by atoms with van der Waals surface area (Å²) in [5, 5.41) is 13.7. The van der Waals surface area contributed by atoms with Gasteiger partial charge < -0.3 is 20.5 Å². The molecule has 1 aromatic carbocycles. The van der Waals surface area contributed by atoms with Crippen molar-refractivity contribution >= 4 is 33.6 Å². The molecule has 0 atom stereocenters. The molecule has 0 aliphatic rings. The van der Waals surface area contributed by atoms with Gasteiger partial charge in [-0.3, -0.25) is 0 Å². The summed E-state index contributed by atoms with van der Waals surface area (Å²) in [7, 11) is 0. The minimum absolute atomic E-state index is 0.282. The summed E-state index contributed by atoms with van der Waals surface area (Å²) >= 11 is 3.12. The van der Waals surface area contributed by atoms with Crippen molar-refractivity contribution in [3.05, 3.63) is 35.3 Å². The average Bonchev–Trinajstić information content (AvgIpc) is 2.35. The number of ether oxygens (including phenoxy) is 1. The van der Waals surface area contributed by atoms with E-state index in [1.807, 2.05) is 0 Å². The number of carbonyl (C=O) groups is 2. The predicted octanol–water partition coefficient (Wildman–Crippen LogP) is 2.18. The lowest BCUT2D eigenvalue weighted by atomic mass is 10.3. The number of para-hydroxylation sites is 2. The van der Waals surface area contributed by atoms with Crippen LogP contribution in [0.4, 0.5) is 10.5 Å². The van der Waals surface area contributed by atoms with E-state index in [1.165, 1.54) is 0 Å². The molecule has 7 heteroatoms. The second kappa shape index (κ2) is 7.42. The number of aliphatic carboxylic acids is 1. The second-order valence-corrected chi connectivity index (χ2v) is 4.62. The number of carboxylic acid groups (broad SMARTS) is 1. The number of nitrogens with one attached hydrogen (secondary N) is 2. The molecule has 2 amide bonds. The molecule has 0 aliphatic heterocycles.